The highest BCUT2D eigenvalue weighted by atomic mass is 32.2. The Bertz CT molecular complexity index is 1110. The number of rotatable bonds is 7. The average Bonchev–Trinajstić information content (AvgIpc) is 3.34. The van der Waals surface area contributed by atoms with Crippen molar-refractivity contribution >= 4 is 33.2 Å². The van der Waals surface area contributed by atoms with E-state index >= 15 is 0 Å². The summed E-state index contributed by atoms with van der Waals surface area (Å²) in [5.74, 6) is -0.104. The highest BCUT2D eigenvalue weighted by molar-refractivity contribution is 7.89. The van der Waals surface area contributed by atoms with Crippen molar-refractivity contribution in [3.8, 4) is 11.3 Å². The van der Waals surface area contributed by atoms with Gasteiger partial charge in [-0.25, -0.2) is 8.42 Å². The van der Waals surface area contributed by atoms with Gasteiger partial charge in [0.25, 0.3) is 0 Å². The number of aromatic nitrogens is 2. The van der Waals surface area contributed by atoms with Crippen molar-refractivity contribution < 1.29 is 17.9 Å². The number of sulfonamides is 1. The Morgan fingerprint density at radius 3 is 2.42 bits per heavy atom. The maximum absolute atomic E-state index is 12.7. The average molecular weight is 459 g/mol. The van der Waals surface area contributed by atoms with Gasteiger partial charge < -0.3 is 10.1 Å². The van der Waals surface area contributed by atoms with E-state index in [0.29, 0.717) is 44.8 Å². The Morgan fingerprint density at radius 1 is 1.06 bits per heavy atom. The zero-order valence-corrected chi connectivity index (χ0v) is 18.4. The van der Waals surface area contributed by atoms with E-state index in [1.807, 2.05) is 29.6 Å². The van der Waals surface area contributed by atoms with Crippen LogP contribution in [0, 0.1) is 0 Å². The fourth-order valence-electron chi connectivity index (χ4n) is 3.26. The highest BCUT2D eigenvalue weighted by Crippen LogP contribution is 2.21. The molecule has 162 valence electrons. The Kier molecular flexibility index (Phi) is 6.71. The molecular weight excluding hydrogens is 436 g/mol. The number of hydrogen-bond acceptors (Lipinski definition) is 7. The quantitative estimate of drug-likeness (QED) is 0.584. The van der Waals surface area contributed by atoms with Crippen molar-refractivity contribution in [2.45, 2.75) is 17.7 Å². The molecule has 0 saturated carbocycles. The molecule has 2 aromatic carbocycles. The molecule has 1 aromatic heterocycles. The Labute approximate surface area is 185 Å². The molecule has 0 spiro atoms. The first-order valence-corrected chi connectivity index (χ1v) is 12.1. The maximum atomic E-state index is 12.7. The lowest BCUT2D eigenvalue weighted by molar-refractivity contribution is -0.116. The molecule has 1 amide bonds. The molecule has 1 aliphatic heterocycles. The number of nitrogens with one attached hydrogen (secondary N) is 1. The van der Waals surface area contributed by atoms with Crippen LogP contribution in [0.5, 0.6) is 0 Å². The number of anilines is 1. The molecule has 1 saturated heterocycles. The SMILES string of the molecule is O=C(CCc1ccc(S(=O)(=O)N2CCOCC2)cc1)Nc1ccc(-c2csnn2)cc1. The van der Waals surface area contributed by atoms with Gasteiger partial charge in [-0.15, -0.1) is 5.10 Å². The third kappa shape index (κ3) is 5.34. The number of carbonyl (C=O) groups excluding carboxylic acids is 1. The molecule has 4 rings (SSSR count). The third-order valence-electron chi connectivity index (χ3n) is 5.00. The van der Waals surface area contributed by atoms with Crippen LogP contribution in [0.25, 0.3) is 11.3 Å². The number of carbonyl (C=O) groups is 1. The predicted octanol–water partition coefficient (Wildman–Crippen LogP) is 2.80. The summed E-state index contributed by atoms with van der Waals surface area (Å²) in [7, 11) is -3.50. The number of nitrogens with zero attached hydrogens (tertiary/aromatic N) is 3. The van der Waals surface area contributed by atoms with E-state index in [0.717, 1.165) is 16.8 Å². The number of morpholine rings is 1. The van der Waals surface area contributed by atoms with Gasteiger partial charge in [-0.1, -0.05) is 28.8 Å². The Morgan fingerprint density at radius 2 is 1.77 bits per heavy atom. The van der Waals surface area contributed by atoms with Crippen molar-refractivity contribution in [1.82, 2.24) is 13.9 Å². The lowest BCUT2D eigenvalue weighted by Gasteiger charge is -2.26. The highest BCUT2D eigenvalue weighted by Gasteiger charge is 2.26. The number of aryl methyl sites for hydroxylation is 1. The van der Waals surface area contributed by atoms with Crippen LogP contribution in [0.3, 0.4) is 0 Å². The molecule has 2 heterocycles. The monoisotopic (exact) mass is 458 g/mol. The largest absolute Gasteiger partial charge is 0.379 e. The molecule has 31 heavy (non-hydrogen) atoms. The van der Waals surface area contributed by atoms with Crippen molar-refractivity contribution in [3.63, 3.8) is 0 Å². The van der Waals surface area contributed by atoms with Gasteiger partial charge in [-0.3, -0.25) is 4.79 Å². The summed E-state index contributed by atoms with van der Waals surface area (Å²) >= 11 is 1.29. The van der Waals surface area contributed by atoms with Crippen LogP contribution < -0.4 is 5.32 Å². The van der Waals surface area contributed by atoms with Crippen LogP contribution in [-0.4, -0.2) is 54.5 Å². The number of benzene rings is 2. The fourth-order valence-corrected chi connectivity index (χ4v) is 5.13. The molecule has 8 nitrogen and oxygen atoms in total. The summed E-state index contributed by atoms with van der Waals surface area (Å²) < 4.78 is 35.8. The summed E-state index contributed by atoms with van der Waals surface area (Å²) in [4.78, 5) is 12.5. The lowest BCUT2D eigenvalue weighted by atomic mass is 10.1. The smallest absolute Gasteiger partial charge is 0.243 e. The first-order chi connectivity index (χ1) is 15.0. The second kappa shape index (κ2) is 9.65. The van der Waals surface area contributed by atoms with E-state index in [1.54, 1.807) is 24.3 Å². The number of hydrogen-bond donors (Lipinski definition) is 1. The minimum Gasteiger partial charge on any atom is -0.379 e. The van der Waals surface area contributed by atoms with Crippen molar-refractivity contribution in [2.24, 2.45) is 0 Å². The second-order valence-corrected chi connectivity index (χ2v) is 9.62. The topological polar surface area (TPSA) is 101 Å². The van der Waals surface area contributed by atoms with Crippen molar-refractivity contribution in [3.05, 3.63) is 59.5 Å². The standard InChI is InChI=1S/C21H22N4O4S2/c26-21(22-18-6-4-17(5-7-18)20-15-30-24-23-20)10-3-16-1-8-19(9-2-16)31(27,28)25-11-13-29-14-12-25/h1-2,4-9,15H,3,10-14H2,(H,22,26). The van der Waals surface area contributed by atoms with E-state index in [2.05, 4.69) is 14.9 Å². The minimum absolute atomic E-state index is 0.104. The van der Waals surface area contributed by atoms with Crippen LogP contribution in [0.15, 0.2) is 58.8 Å². The summed E-state index contributed by atoms with van der Waals surface area (Å²) in [5, 5.41) is 8.77. The summed E-state index contributed by atoms with van der Waals surface area (Å²) in [6.07, 6.45) is 0.819. The maximum Gasteiger partial charge on any atom is 0.243 e. The molecule has 1 aliphatic rings. The molecule has 0 atom stereocenters. The summed E-state index contributed by atoms with van der Waals surface area (Å²) in [6, 6.07) is 14.2. The van der Waals surface area contributed by atoms with Crippen LogP contribution in [0.1, 0.15) is 12.0 Å². The summed E-state index contributed by atoms with van der Waals surface area (Å²) in [6.45, 7) is 1.56. The van der Waals surface area contributed by atoms with Gasteiger partial charge in [0.1, 0.15) is 5.69 Å². The van der Waals surface area contributed by atoms with E-state index in [-0.39, 0.29) is 10.8 Å². The van der Waals surface area contributed by atoms with Gasteiger partial charge in [0.2, 0.25) is 15.9 Å². The van der Waals surface area contributed by atoms with E-state index < -0.39 is 10.0 Å². The van der Waals surface area contributed by atoms with Gasteiger partial charge in [-0.05, 0) is 47.8 Å². The molecule has 10 heteroatoms. The van der Waals surface area contributed by atoms with E-state index in [9.17, 15) is 13.2 Å². The van der Waals surface area contributed by atoms with E-state index in [4.69, 9.17) is 4.74 Å². The minimum atomic E-state index is -3.50. The van der Waals surface area contributed by atoms with E-state index in [1.165, 1.54) is 15.8 Å². The van der Waals surface area contributed by atoms with Gasteiger partial charge in [-0.2, -0.15) is 4.31 Å². The predicted molar refractivity (Wildman–Crippen MR) is 118 cm³/mol. The lowest BCUT2D eigenvalue weighted by Crippen LogP contribution is -2.40. The van der Waals surface area contributed by atoms with Gasteiger partial charge in [0, 0.05) is 36.1 Å². The third-order valence-corrected chi connectivity index (χ3v) is 7.41. The first-order valence-electron chi connectivity index (χ1n) is 9.86. The van der Waals surface area contributed by atoms with Crippen LogP contribution in [-0.2, 0) is 26.0 Å². The zero-order valence-electron chi connectivity index (χ0n) is 16.7. The molecule has 0 bridgehead atoms. The van der Waals surface area contributed by atoms with Crippen LogP contribution in [0.2, 0.25) is 0 Å². The van der Waals surface area contributed by atoms with Crippen LogP contribution >= 0.6 is 11.5 Å². The van der Waals surface area contributed by atoms with Gasteiger partial charge in [0.05, 0.1) is 18.1 Å². The van der Waals surface area contributed by atoms with Gasteiger partial charge in [0.15, 0.2) is 0 Å². The zero-order chi connectivity index (χ0) is 21.7. The van der Waals surface area contributed by atoms with Crippen molar-refractivity contribution in [2.75, 3.05) is 31.6 Å². The fraction of sp³-hybridized carbons (Fsp3) is 0.286. The second-order valence-electron chi connectivity index (χ2n) is 7.08. The van der Waals surface area contributed by atoms with Crippen molar-refractivity contribution in [1.29, 1.82) is 0 Å². The molecule has 1 fully saturated rings. The normalized spacial score (nSPS) is 15.0. The molecule has 0 unspecified atom stereocenters. The number of ether oxygens (including phenoxy) is 1. The summed E-state index contributed by atoms with van der Waals surface area (Å²) in [5.41, 5.74) is 3.37. The molecule has 3 aromatic rings. The molecular formula is C21H22N4O4S2. The Balaban J connectivity index is 1.30. The molecule has 1 N–H and O–H groups in total. The van der Waals surface area contributed by atoms with Crippen LogP contribution in [0.4, 0.5) is 5.69 Å². The van der Waals surface area contributed by atoms with Gasteiger partial charge >= 0.3 is 0 Å². The molecule has 0 aliphatic carbocycles. The first kappa shape index (κ1) is 21.6. The molecule has 0 radical (unpaired) electrons. The Hall–Kier alpha value is -2.66. The number of amides is 1.